The molecule has 0 bridgehead atoms. The first-order valence-electron chi connectivity index (χ1n) is 5.51. The van der Waals surface area contributed by atoms with Gasteiger partial charge in [-0.25, -0.2) is 5.43 Å². The number of carbonyl (C=O) groups excluding carboxylic acids is 2. The summed E-state index contributed by atoms with van der Waals surface area (Å²) in [6, 6.07) is 7.04. The molecule has 1 rings (SSSR count). The fraction of sp³-hybridized carbons (Fsp3) is 0.250. The molecule has 0 radical (unpaired) electrons. The summed E-state index contributed by atoms with van der Waals surface area (Å²) in [5.74, 6) is -1.50. The Morgan fingerprint density at radius 2 is 2.06 bits per heavy atom. The second-order valence-corrected chi connectivity index (χ2v) is 3.88. The van der Waals surface area contributed by atoms with Gasteiger partial charge in [0.2, 0.25) is 0 Å². The van der Waals surface area contributed by atoms with Crippen LogP contribution < -0.4 is 10.7 Å². The van der Waals surface area contributed by atoms with Crippen molar-refractivity contribution < 1.29 is 9.59 Å². The Morgan fingerprint density at radius 3 is 2.72 bits per heavy atom. The van der Waals surface area contributed by atoms with Gasteiger partial charge < -0.3 is 5.32 Å². The summed E-state index contributed by atoms with van der Waals surface area (Å²) in [5, 5.41) is 6.62. The monoisotopic (exact) mass is 267 g/mol. The maximum atomic E-state index is 11.3. The lowest BCUT2D eigenvalue weighted by Gasteiger charge is -2.01. The zero-order valence-corrected chi connectivity index (χ0v) is 10.7. The van der Waals surface area contributed by atoms with Gasteiger partial charge in [-0.15, -0.1) is 0 Å². The van der Waals surface area contributed by atoms with Crippen LogP contribution in [-0.4, -0.2) is 24.6 Å². The van der Waals surface area contributed by atoms with E-state index in [1.807, 2.05) is 6.92 Å². The second-order valence-electron chi connectivity index (χ2n) is 3.48. The molecule has 5 nitrogen and oxygen atoms in total. The molecule has 18 heavy (non-hydrogen) atoms. The molecule has 0 saturated carbocycles. The SMILES string of the molecule is CCCNC(=O)C(=O)N/N=C\c1ccccc1Cl. The Labute approximate surface area is 110 Å². The van der Waals surface area contributed by atoms with Crippen molar-refractivity contribution in [3.05, 3.63) is 34.9 Å². The number of nitrogens with zero attached hydrogens (tertiary/aromatic N) is 1. The van der Waals surface area contributed by atoms with Crippen LogP contribution in [0.2, 0.25) is 5.02 Å². The van der Waals surface area contributed by atoms with Crippen LogP contribution in [0.1, 0.15) is 18.9 Å². The average molecular weight is 268 g/mol. The maximum Gasteiger partial charge on any atom is 0.329 e. The first-order chi connectivity index (χ1) is 8.65. The molecule has 0 unspecified atom stereocenters. The molecule has 2 N–H and O–H groups in total. The Bertz CT molecular complexity index is 460. The van der Waals surface area contributed by atoms with Crippen LogP contribution in [0, 0.1) is 0 Å². The lowest BCUT2D eigenvalue weighted by Crippen LogP contribution is -2.38. The summed E-state index contributed by atoms with van der Waals surface area (Å²) in [6.07, 6.45) is 2.15. The highest BCUT2D eigenvalue weighted by Crippen LogP contribution is 2.11. The van der Waals surface area contributed by atoms with Crippen molar-refractivity contribution in [2.24, 2.45) is 5.10 Å². The quantitative estimate of drug-likeness (QED) is 0.491. The number of hydrogen-bond donors (Lipinski definition) is 2. The minimum Gasteiger partial charge on any atom is -0.348 e. The lowest BCUT2D eigenvalue weighted by atomic mass is 10.2. The zero-order chi connectivity index (χ0) is 13.4. The number of hydrazone groups is 1. The molecule has 96 valence electrons. The molecule has 0 fully saturated rings. The van der Waals surface area contributed by atoms with Crippen molar-refractivity contribution in [1.82, 2.24) is 10.7 Å². The highest BCUT2D eigenvalue weighted by molar-refractivity contribution is 6.35. The van der Waals surface area contributed by atoms with E-state index in [9.17, 15) is 9.59 Å². The molecule has 1 aromatic carbocycles. The smallest absolute Gasteiger partial charge is 0.329 e. The second kappa shape index (κ2) is 7.45. The van der Waals surface area contributed by atoms with Gasteiger partial charge >= 0.3 is 11.8 Å². The molecule has 0 spiro atoms. The van der Waals surface area contributed by atoms with Gasteiger partial charge in [0.05, 0.1) is 6.21 Å². The van der Waals surface area contributed by atoms with Crippen LogP contribution in [0.15, 0.2) is 29.4 Å². The Morgan fingerprint density at radius 1 is 1.33 bits per heavy atom. The molecular formula is C12H14ClN3O2. The fourth-order valence-corrected chi connectivity index (χ4v) is 1.29. The summed E-state index contributed by atoms with van der Waals surface area (Å²) >= 11 is 5.89. The van der Waals surface area contributed by atoms with Crippen LogP contribution in [0.5, 0.6) is 0 Å². The third kappa shape index (κ3) is 4.55. The van der Waals surface area contributed by atoms with Crippen molar-refractivity contribution in [2.45, 2.75) is 13.3 Å². The van der Waals surface area contributed by atoms with Crippen LogP contribution in [-0.2, 0) is 9.59 Å². The van der Waals surface area contributed by atoms with E-state index in [0.29, 0.717) is 17.1 Å². The third-order valence-corrected chi connectivity index (χ3v) is 2.36. The standard InChI is InChI=1S/C12H14ClN3O2/c1-2-7-14-11(17)12(18)16-15-8-9-5-3-4-6-10(9)13/h3-6,8H,2,7H2,1H3,(H,14,17)(H,16,18)/b15-8-. The third-order valence-electron chi connectivity index (χ3n) is 2.02. The van der Waals surface area contributed by atoms with Gasteiger partial charge in [0, 0.05) is 17.1 Å². The van der Waals surface area contributed by atoms with E-state index in [2.05, 4.69) is 15.8 Å². The molecule has 0 aliphatic carbocycles. The van der Waals surface area contributed by atoms with Crippen LogP contribution in [0.3, 0.4) is 0 Å². The highest BCUT2D eigenvalue weighted by Gasteiger charge is 2.10. The predicted molar refractivity (Wildman–Crippen MR) is 70.5 cm³/mol. The van der Waals surface area contributed by atoms with Gasteiger partial charge in [0.1, 0.15) is 0 Å². The largest absolute Gasteiger partial charge is 0.348 e. The van der Waals surface area contributed by atoms with Gasteiger partial charge in [-0.3, -0.25) is 9.59 Å². The molecular weight excluding hydrogens is 254 g/mol. The van der Waals surface area contributed by atoms with E-state index in [1.165, 1.54) is 6.21 Å². The van der Waals surface area contributed by atoms with Gasteiger partial charge in [0.15, 0.2) is 0 Å². The first-order valence-corrected chi connectivity index (χ1v) is 5.88. The maximum absolute atomic E-state index is 11.3. The van der Waals surface area contributed by atoms with E-state index in [0.717, 1.165) is 6.42 Å². The summed E-state index contributed by atoms with van der Waals surface area (Å²) in [5.41, 5.74) is 2.79. The van der Waals surface area contributed by atoms with Crippen LogP contribution in [0.25, 0.3) is 0 Å². The van der Waals surface area contributed by atoms with Gasteiger partial charge in [0.25, 0.3) is 0 Å². The average Bonchev–Trinajstić information content (AvgIpc) is 2.38. The number of benzene rings is 1. The topological polar surface area (TPSA) is 70.6 Å². The Kier molecular flexibility index (Phi) is 5.87. The van der Waals surface area contributed by atoms with E-state index in [-0.39, 0.29) is 0 Å². The number of halogens is 1. The van der Waals surface area contributed by atoms with Crippen molar-refractivity contribution >= 4 is 29.6 Å². The Balaban J connectivity index is 2.48. The summed E-state index contributed by atoms with van der Waals surface area (Å²) < 4.78 is 0. The van der Waals surface area contributed by atoms with Crippen molar-refractivity contribution in [1.29, 1.82) is 0 Å². The van der Waals surface area contributed by atoms with Crippen molar-refractivity contribution in [3.63, 3.8) is 0 Å². The minimum atomic E-state index is -0.799. The van der Waals surface area contributed by atoms with E-state index in [4.69, 9.17) is 11.6 Å². The number of rotatable bonds is 4. The minimum absolute atomic E-state index is 0.459. The molecule has 0 atom stereocenters. The summed E-state index contributed by atoms with van der Waals surface area (Å²) in [4.78, 5) is 22.4. The molecule has 0 saturated heterocycles. The highest BCUT2D eigenvalue weighted by atomic mass is 35.5. The molecule has 0 aliphatic heterocycles. The van der Waals surface area contributed by atoms with E-state index < -0.39 is 11.8 Å². The van der Waals surface area contributed by atoms with Crippen molar-refractivity contribution in [2.75, 3.05) is 6.54 Å². The molecule has 6 heteroatoms. The van der Waals surface area contributed by atoms with Crippen LogP contribution >= 0.6 is 11.6 Å². The number of carbonyl (C=O) groups is 2. The normalized spacial score (nSPS) is 10.3. The van der Waals surface area contributed by atoms with E-state index >= 15 is 0 Å². The van der Waals surface area contributed by atoms with Gasteiger partial charge in [-0.05, 0) is 12.5 Å². The zero-order valence-electron chi connectivity index (χ0n) is 9.94. The first kappa shape index (κ1) is 14.2. The lowest BCUT2D eigenvalue weighted by molar-refractivity contribution is -0.139. The molecule has 0 aromatic heterocycles. The van der Waals surface area contributed by atoms with Crippen LogP contribution in [0.4, 0.5) is 0 Å². The summed E-state index contributed by atoms with van der Waals surface area (Å²) in [7, 11) is 0. The number of hydrogen-bond acceptors (Lipinski definition) is 3. The number of nitrogens with one attached hydrogen (secondary N) is 2. The molecule has 1 aromatic rings. The molecule has 2 amide bonds. The van der Waals surface area contributed by atoms with Gasteiger partial charge in [-0.1, -0.05) is 36.7 Å². The fourth-order valence-electron chi connectivity index (χ4n) is 1.11. The Hall–Kier alpha value is -1.88. The number of amides is 2. The van der Waals surface area contributed by atoms with Gasteiger partial charge in [-0.2, -0.15) is 5.10 Å². The molecule has 0 aliphatic rings. The molecule has 0 heterocycles. The predicted octanol–water partition coefficient (Wildman–Crippen LogP) is 1.32. The van der Waals surface area contributed by atoms with E-state index in [1.54, 1.807) is 24.3 Å². The summed E-state index contributed by atoms with van der Waals surface area (Å²) in [6.45, 7) is 2.36. The van der Waals surface area contributed by atoms with Crippen molar-refractivity contribution in [3.8, 4) is 0 Å².